The minimum Gasteiger partial charge on any atom is -0.481 e. The number of carbonyl (C=O) groups excluding carboxylic acids is 2. The first-order valence-electron chi connectivity index (χ1n) is 9.15. The van der Waals surface area contributed by atoms with Gasteiger partial charge in [-0.3, -0.25) is 9.59 Å². The van der Waals surface area contributed by atoms with Crippen molar-refractivity contribution in [3.05, 3.63) is 59.7 Å². The normalized spacial score (nSPS) is 10.6. The van der Waals surface area contributed by atoms with Crippen LogP contribution in [0.5, 0.6) is 5.75 Å². The minimum absolute atomic E-state index is 0.139. The number of para-hydroxylation sites is 1. The summed E-state index contributed by atoms with van der Waals surface area (Å²) in [5, 5.41) is 5.74. The van der Waals surface area contributed by atoms with E-state index in [1.54, 1.807) is 24.3 Å². The van der Waals surface area contributed by atoms with Gasteiger partial charge in [-0.25, -0.2) is 0 Å². The lowest BCUT2D eigenvalue weighted by Crippen LogP contribution is -2.30. The highest BCUT2D eigenvalue weighted by molar-refractivity contribution is 6.04. The van der Waals surface area contributed by atoms with Crippen LogP contribution in [0.1, 0.15) is 36.7 Å². The topological polar surface area (TPSA) is 67.4 Å². The van der Waals surface area contributed by atoms with Crippen molar-refractivity contribution < 1.29 is 14.3 Å². The van der Waals surface area contributed by atoms with Gasteiger partial charge in [0.25, 0.3) is 5.91 Å². The van der Waals surface area contributed by atoms with E-state index in [4.69, 9.17) is 11.2 Å². The Morgan fingerprint density at radius 2 is 1.75 bits per heavy atom. The molecule has 0 radical (unpaired) electrons. The molecule has 0 fully saturated rings. The molecule has 0 aliphatic heterocycles. The molecule has 0 aromatic heterocycles. The quantitative estimate of drug-likeness (QED) is 0.723. The molecule has 2 amide bonds. The second kappa shape index (κ2) is 9.61. The van der Waals surface area contributed by atoms with Crippen molar-refractivity contribution >= 4 is 17.5 Å². The summed E-state index contributed by atoms with van der Waals surface area (Å²) >= 11 is 0. The molecule has 0 spiro atoms. The predicted octanol–water partition coefficient (Wildman–Crippen LogP) is 3.66. The third kappa shape index (κ3) is 6.17. The zero-order valence-electron chi connectivity index (χ0n) is 16.5. The van der Waals surface area contributed by atoms with Gasteiger partial charge in [0.2, 0.25) is 5.91 Å². The predicted molar refractivity (Wildman–Crippen MR) is 111 cm³/mol. The Labute approximate surface area is 166 Å². The molecule has 0 aliphatic rings. The van der Waals surface area contributed by atoms with E-state index < -0.39 is 5.41 Å². The van der Waals surface area contributed by atoms with Crippen LogP contribution in [0.15, 0.2) is 48.5 Å². The van der Waals surface area contributed by atoms with Crippen LogP contribution in [-0.4, -0.2) is 25.0 Å². The number of anilines is 1. The highest BCUT2D eigenvalue weighted by Gasteiger charge is 2.22. The number of hydrogen-bond acceptors (Lipinski definition) is 3. The average Bonchev–Trinajstić information content (AvgIpc) is 2.67. The summed E-state index contributed by atoms with van der Waals surface area (Å²) in [7, 11) is 0. The summed E-state index contributed by atoms with van der Waals surface area (Å²) in [5.74, 6) is 2.78. The molecular formula is C23H26N2O3. The summed E-state index contributed by atoms with van der Waals surface area (Å²) in [5.41, 5.74) is 1.48. The van der Waals surface area contributed by atoms with Crippen LogP contribution in [0.4, 0.5) is 5.69 Å². The molecule has 2 N–H and O–H groups in total. The maximum atomic E-state index is 12.6. The van der Waals surface area contributed by atoms with Gasteiger partial charge >= 0.3 is 0 Å². The lowest BCUT2D eigenvalue weighted by Gasteiger charge is -2.19. The van der Waals surface area contributed by atoms with Crippen LogP contribution in [0.2, 0.25) is 0 Å². The van der Waals surface area contributed by atoms with Gasteiger partial charge in [0.15, 0.2) is 0 Å². The molecular weight excluding hydrogens is 352 g/mol. The Morgan fingerprint density at radius 3 is 2.39 bits per heavy atom. The van der Waals surface area contributed by atoms with Crippen molar-refractivity contribution in [2.45, 2.75) is 27.2 Å². The number of hydrogen-bond donors (Lipinski definition) is 2. The smallest absolute Gasteiger partial charge is 0.253 e. The Kier molecular flexibility index (Phi) is 7.22. The van der Waals surface area contributed by atoms with Gasteiger partial charge in [0.1, 0.15) is 12.4 Å². The molecule has 0 atom stereocenters. The van der Waals surface area contributed by atoms with E-state index in [1.807, 2.05) is 45.0 Å². The summed E-state index contributed by atoms with van der Waals surface area (Å²) < 4.78 is 5.34. The third-order valence-corrected chi connectivity index (χ3v) is 4.05. The number of carbonyl (C=O) groups is 2. The van der Waals surface area contributed by atoms with Crippen molar-refractivity contribution in [1.82, 2.24) is 5.32 Å². The second-order valence-electron chi connectivity index (χ2n) is 7.39. The van der Waals surface area contributed by atoms with Crippen molar-refractivity contribution in [3.63, 3.8) is 0 Å². The van der Waals surface area contributed by atoms with Gasteiger partial charge in [-0.05, 0) is 36.2 Å². The molecule has 0 heterocycles. The Bertz CT molecular complexity index is 859. The van der Waals surface area contributed by atoms with Gasteiger partial charge in [-0.1, -0.05) is 51.0 Å². The van der Waals surface area contributed by atoms with Crippen LogP contribution in [-0.2, 0) is 11.2 Å². The second-order valence-corrected chi connectivity index (χ2v) is 7.39. The van der Waals surface area contributed by atoms with Crippen LogP contribution in [0.3, 0.4) is 0 Å². The Balaban J connectivity index is 1.93. The maximum Gasteiger partial charge on any atom is 0.253 e. The molecule has 2 rings (SSSR count). The highest BCUT2D eigenvalue weighted by Crippen LogP contribution is 2.20. The monoisotopic (exact) mass is 378 g/mol. The van der Waals surface area contributed by atoms with Gasteiger partial charge in [-0.15, -0.1) is 6.42 Å². The van der Waals surface area contributed by atoms with Crippen LogP contribution in [0.25, 0.3) is 0 Å². The Hall–Kier alpha value is -3.26. The molecule has 28 heavy (non-hydrogen) atoms. The van der Waals surface area contributed by atoms with Crippen molar-refractivity contribution in [2.75, 3.05) is 18.5 Å². The number of benzene rings is 2. The van der Waals surface area contributed by atoms with Crippen molar-refractivity contribution in [2.24, 2.45) is 5.41 Å². The van der Waals surface area contributed by atoms with E-state index in [2.05, 4.69) is 16.6 Å². The first-order chi connectivity index (χ1) is 13.3. The largest absolute Gasteiger partial charge is 0.481 e. The fraction of sp³-hybridized carbons (Fsp3) is 0.304. The Morgan fingerprint density at radius 1 is 1.07 bits per heavy atom. The molecule has 146 valence electrons. The molecule has 0 saturated heterocycles. The molecule has 2 aromatic carbocycles. The number of amides is 2. The third-order valence-electron chi connectivity index (χ3n) is 4.05. The van der Waals surface area contributed by atoms with E-state index in [1.165, 1.54) is 0 Å². The maximum absolute atomic E-state index is 12.6. The minimum atomic E-state index is -0.542. The van der Waals surface area contributed by atoms with E-state index in [0.717, 1.165) is 5.56 Å². The zero-order chi connectivity index (χ0) is 20.6. The molecule has 0 unspecified atom stereocenters. The first-order valence-corrected chi connectivity index (χ1v) is 9.15. The summed E-state index contributed by atoms with van der Waals surface area (Å²) in [6.07, 6.45) is 5.85. The van der Waals surface area contributed by atoms with E-state index in [0.29, 0.717) is 30.0 Å². The van der Waals surface area contributed by atoms with Crippen LogP contribution >= 0.6 is 0 Å². The zero-order valence-corrected chi connectivity index (χ0v) is 16.5. The number of nitrogens with one attached hydrogen (secondary N) is 2. The standard InChI is InChI=1S/C23H26N2O3/c1-5-16-28-18-12-10-17(11-13-18)14-15-24-21(26)19-8-6-7-9-20(19)25-22(27)23(2,3)4/h1,6-13H,14-16H2,2-4H3,(H,24,26)(H,25,27). The van der Waals surface area contributed by atoms with E-state index in [-0.39, 0.29) is 18.4 Å². The van der Waals surface area contributed by atoms with Crippen LogP contribution < -0.4 is 15.4 Å². The fourth-order valence-electron chi connectivity index (χ4n) is 2.39. The number of terminal acetylenes is 1. The van der Waals surface area contributed by atoms with Gasteiger partial charge in [0, 0.05) is 12.0 Å². The summed E-state index contributed by atoms with van der Waals surface area (Å²) in [6, 6.07) is 14.6. The number of rotatable bonds is 7. The summed E-state index contributed by atoms with van der Waals surface area (Å²) in [6.45, 7) is 6.20. The van der Waals surface area contributed by atoms with Gasteiger partial charge in [-0.2, -0.15) is 0 Å². The summed E-state index contributed by atoms with van der Waals surface area (Å²) in [4.78, 5) is 24.8. The van der Waals surface area contributed by atoms with Crippen molar-refractivity contribution in [1.29, 1.82) is 0 Å². The fourth-order valence-corrected chi connectivity index (χ4v) is 2.39. The molecule has 2 aromatic rings. The van der Waals surface area contributed by atoms with Gasteiger partial charge < -0.3 is 15.4 Å². The average molecular weight is 378 g/mol. The molecule has 5 heteroatoms. The molecule has 0 saturated carbocycles. The lowest BCUT2D eigenvalue weighted by atomic mass is 9.95. The van der Waals surface area contributed by atoms with Crippen LogP contribution in [0, 0.1) is 17.8 Å². The van der Waals surface area contributed by atoms with Crippen molar-refractivity contribution in [3.8, 4) is 18.1 Å². The number of ether oxygens (including phenoxy) is 1. The lowest BCUT2D eigenvalue weighted by molar-refractivity contribution is -0.123. The molecule has 5 nitrogen and oxygen atoms in total. The molecule has 0 bridgehead atoms. The van der Waals surface area contributed by atoms with Gasteiger partial charge in [0.05, 0.1) is 11.3 Å². The van der Waals surface area contributed by atoms with E-state index >= 15 is 0 Å². The molecule has 0 aliphatic carbocycles. The SMILES string of the molecule is C#CCOc1ccc(CCNC(=O)c2ccccc2NC(=O)C(C)(C)C)cc1. The van der Waals surface area contributed by atoms with E-state index in [9.17, 15) is 9.59 Å². The highest BCUT2D eigenvalue weighted by atomic mass is 16.5. The first kappa shape index (κ1) is 21.0.